The Kier molecular flexibility index (Phi) is 7.13. The van der Waals surface area contributed by atoms with Gasteiger partial charge in [-0.2, -0.15) is 0 Å². The van der Waals surface area contributed by atoms with E-state index in [0.29, 0.717) is 33.8 Å². The van der Waals surface area contributed by atoms with Crippen molar-refractivity contribution in [2.24, 2.45) is 7.05 Å². The van der Waals surface area contributed by atoms with E-state index in [-0.39, 0.29) is 17.3 Å². The minimum Gasteiger partial charge on any atom is -0.378 e. The number of hydrogen-bond donors (Lipinski definition) is 2. The van der Waals surface area contributed by atoms with Crippen LogP contribution in [-0.2, 0) is 18.4 Å². The third-order valence-corrected chi connectivity index (χ3v) is 6.00. The number of nitrogens with zero attached hydrogens (tertiary/aromatic N) is 4. The van der Waals surface area contributed by atoms with E-state index in [2.05, 4.69) is 20.8 Å². The van der Waals surface area contributed by atoms with Gasteiger partial charge in [0.15, 0.2) is 11.0 Å². The molecule has 31 heavy (non-hydrogen) atoms. The van der Waals surface area contributed by atoms with Gasteiger partial charge in [0.2, 0.25) is 5.91 Å². The second-order valence-electron chi connectivity index (χ2n) is 6.87. The molecular formula is C20H21ClN6O3S. The van der Waals surface area contributed by atoms with Gasteiger partial charge in [-0.25, -0.2) is 0 Å². The molecule has 0 atom stereocenters. The SMILES string of the molecule is Cc1ccc(NCc2nnc(SCC(=O)Nc3ccc([N+](=O)[O-])cc3C)n2C)cc1Cl. The average Bonchev–Trinajstić information content (AvgIpc) is 3.08. The first-order valence-corrected chi connectivity index (χ1v) is 10.7. The van der Waals surface area contributed by atoms with E-state index >= 15 is 0 Å². The Hall–Kier alpha value is -3.11. The van der Waals surface area contributed by atoms with Gasteiger partial charge in [0.05, 0.1) is 17.2 Å². The van der Waals surface area contributed by atoms with Gasteiger partial charge in [-0.05, 0) is 43.2 Å². The second-order valence-corrected chi connectivity index (χ2v) is 8.22. The number of nitro benzene ring substituents is 1. The van der Waals surface area contributed by atoms with Crippen molar-refractivity contribution in [3.05, 3.63) is 68.5 Å². The zero-order valence-corrected chi connectivity index (χ0v) is 18.8. The fourth-order valence-corrected chi connectivity index (χ4v) is 3.64. The second kappa shape index (κ2) is 9.80. The maximum absolute atomic E-state index is 12.3. The lowest BCUT2D eigenvalue weighted by Crippen LogP contribution is -2.15. The number of halogens is 1. The van der Waals surface area contributed by atoms with Crippen molar-refractivity contribution in [2.75, 3.05) is 16.4 Å². The number of carbonyl (C=O) groups is 1. The summed E-state index contributed by atoms with van der Waals surface area (Å²) >= 11 is 7.40. The molecule has 9 nitrogen and oxygen atoms in total. The molecule has 0 spiro atoms. The van der Waals surface area contributed by atoms with Crippen LogP contribution in [0.5, 0.6) is 0 Å². The minimum absolute atomic E-state index is 0.0157. The highest BCUT2D eigenvalue weighted by Gasteiger charge is 2.14. The average molecular weight is 461 g/mol. The summed E-state index contributed by atoms with van der Waals surface area (Å²) in [4.78, 5) is 22.7. The zero-order valence-electron chi connectivity index (χ0n) is 17.2. The van der Waals surface area contributed by atoms with Crippen LogP contribution in [0.15, 0.2) is 41.6 Å². The lowest BCUT2D eigenvalue weighted by Gasteiger charge is -2.09. The van der Waals surface area contributed by atoms with Crippen molar-refractivity contribution in [2.45, 2.75) is 25.5 Å². The summed E-state index contributed by atoms with van der Waals surface area (Å²) in [5, 5.41) is 26.5. The molecule has 0 aliphatic heterocycles. The highest BCUT2D eigenvalue weighted by atomic mass is 35.5. The van der Waals surface area contributed by atoms with E-state index < -0.39 is 4.92 Å². The molecule has 1 amide bonds. The van der Waals surface area contributed by atoms with E-state index in [1.165, 1.54) is 30.0 Å². The molecule has 3 rings (SSSR count). The molecule has 1 heterocycles. The summed E-state index contributed by atoms with van der Waals surface area (Å²) < 4.78 is 1.82. The minimum atomic E-state index is -0.470. The zero-order chi connectivity index (χ0) is 22.5. The lowest BCUT2D eigenvalue weighted by molar-refractivity contribution is -0.384. The molecule has 0 bridgehead atoms. The number of amides is 1. The summed E-state index contributed by atoms with van der Waals surface area (Å²) in [6, 6.07) is 10.0. The summed E-state index contributed by atoms with van der Waals surface area (Å²) in [6.45, 7) is 4.11. The molecule has 11 heteroatoms. The number of nitro groups is 1. The van der Waals surface area contributed by atoms with Crippen molar-refractivity contribution in [1.82, 2.24) is 14.8 Å². The molecule has 0 saturated carbocycles. The van der Waals surface area contributed by atoms with E-state index in [4.69, 9.17) is 11.6 Å². The largest absolute Gasteiger partial charge is 0.378 e. The molecule has 0 radical (unpaired) electrons. The number of aryl methyl sites for hydroxylation is 2. The summed E-state index contributed by atoms with van der Waals surface area (Å²) in [5.41, 5.74) is 3.03. The van der Waals surface area contributed by atoms with Gasteiger partial charge >= 0.3 is 0 Å². The fourth-order valence-electron chi connectivity index (χ4n) is 2.73. The third kappa shape index (κ3) is 5.74. The van der Waals surface area contributed by atoms with Gasteiger partial charge in [-0.3, -0.25) is 14.9 Å². The predicted octanol–water partition coefficient (Wildman–Crippen LogP) is 4.34. The first-order chi connectivity index (χ1) is 14.7. The van der Waals surface area contributed by atoms with Gasteiger partial charge in [-0.15, -0.1) is 10.2 Å². The van der Waals surface area contributed by atoms with Crippen LogP contribution in [0.3, 0.4) is 0 Å². The monoisotopic (exact) mass is 460 g/mol. The molecule has 1 aromatic heterocycles. The van der Waals surface area contributed by atoms with Crippen LogP contribution >= 0.6 is 23.4 Å². The molecule has 2 aromatic carbocycles. The van der Waals surface area contributed by atoms with E-state index in [1.54, 1.807) is 6.92 Å². The number of hydrogen-bond acceptors (Lipinski definition) is 7. The molecule has 0 aliphatic rings. The molecule has 0 aliphatic carbocycles. The maximum atomic E-state index is 12.3. The van der Waals surface area contributed by atoms with Gasteiger partial charge in [0, 0.05) is 35.6 Å². The number of thioether (sulfide) groups is 1. The van der Waals surface area contributed by atoms with E-state index in [0.717, 1.165) is 11.3 Å². The lowest BCUT2D eigenvalue weighted by atomic mass is 10.2. The molecule has 0 fully saturated rings. The highest BCUT2D eigenvalue weighted by molar-refractivity contribution is 7.99. The summed E-state index contributed by atoms with van der Waals surface area (Å²) in [5.74, 6) is 0.605. The number of nitrogens with one attached hydrogen (secondary N) is 2. The van der Waals surface area contributed by atoms with Crippen LogP contribution in [0.2, 0.25) is 5.02 Å². The quantitative estimate of drug-likeness (QED) is 0.292. The third-order valence-electron chi connectivity index (χ3n) is 4.57. The maximum Gasteiger partial charge on any atom is 0.269 e. The van der Waals surface area contributed by atoms with Gasteiger partial charge in [0.25, 0.3) is 5.69 Å². The first-order valence-electron chi connectivity index (χ1n) is 9.30. The predicted molar refractivity (Wildman–Crippen MR) is 122 cm³/mol. The topological polar surface area (TPSA) is 115 Å². The van der Waals surface area contributed by atoms with Crippen LogP contribution in [0.1, 0.15) is 17.0 Å². The van der Waals surface area contributed by atoms with E-state index in [9.17, 15) is 14.9 Å². The number of non-ortho nitro benzene ring substituents is 1. The Bertz CT molecular complexity index is 1130. The van der Waals surface area contributed by atoms with Crippen molar-refractivity contribution < 1.29 is 9.72 Å². The smallest absolute Gasteiger partial charge is 0.269 e. The normalized spacial score (nSPS) is 10.7. The Labute approximate surface area is 188 Å². The van der Waals surface area contributed by atoms with Crippen LogP contribution in [0.4, 0.5) is 17.1 Å². The fraction of sp³-hybridized carbons (Fsp3) is 0.250. The number of benzene rings is 2. The van der Waals surface area contributed by atoms with Gasteiger partial charge < -0.3 is 15.2 Å². The molecule has 2 N–H and O–H groups in total. The number of rotatable bonds is 8. The summed E-state index contributed by atoms with van der Waals surface area (Å²) in [7, 11) is 1.83. The van der Waals surface area contributed by atoms with Crippen LogP contribution in [0.25, 0.3) is 0 Å². The van der Waals surface area contributed by atoms with Crippen LogP contribution in [0, 0.1) is 24.0 Å². The van der Waals surface area contributed by atoms with Crippen molar-refractivity contribution in [3.63, 3.8) is 0 Å². The number of anilines is 2. The Balaban J connectivity index is 1.55. The Morgan fingerprint density at radius 3 is 2.65 bits per heavy atom. The van der Waals surface area contributed by atoms with Crippen molar-refractivity contribution >= 4 is 46.3 Å². The van der Waals surface area contributed by atoms with Gasteiger partial charge in [0.1, 0.15) is 0 Å². The highest BCUT2D eigenvalue weighted by Crippen LogP contribution is 2.23. The Morgan fingerprint density at radius 1 is 1.19 bits per heavy atom. The van der Waals surface area contributed by atoms with Crippen LogP contribution in [-0.4, -0.2) is 31.3 Å². The van der Waals surface area contributed by atoms with Crippen molar-refractivity contribution in [1.29, 1.82) is 0 Å². The molecular weight excluding hydrogens is 440 g/mol. The van der Waals surface area contributed by atoms with Crippen LogP contribution < -0.4 is 10.6 Å². The molecule has 162 valence electrons. The van der Waals surface area contributed by atoms with Crippen molar-refractivity contribution in [3.8, 4) is 0 Å². The standard InChI is InChI=1S/C20H21ClN6O3S/c1-12-4-5-14(9-16(12)21)22-10-18-24-25-20(26(18)3)31-11-19(28)23-17-7-6-15(27(29)30)8-13(17)2/h4-9,22H,10-11H2,1-3H3,(H,23,28). The molecule has 0 saturated heterocycles. The van der Waals surface area contributed by atoms with Gasteiger partial charge in [-0.1, -0.05) is 29.4 Å². The van der Waals surface area contributed by atoms with E-state index in [1.807, 2.05) is 36.7 Å². The molecule has 0 unspecified atom stereocenters. The number of aromatic nitrogens is 3. The Morgan fingerprint density at radius 2 is 1.97 bits per heavy atom. The number of carbonyl (C=O) groups excluding carboxylic acids is 1. The molecule has 3 aromatic rings. The first kappa shape index (κ1) is 22.6. The summed E-state index contributed by atoms with van der Waals surface area (Å²) in [6.07, 6.45) is 0.